The Kier molecular flexibility index (Phi) is 12.3. The average molecular weight is 543 g/mol. The van der Waals surface area contributed by atoms with Crippen LogP contribution in [0.25, 0.3) is 0 Å². The Morgan fingerprint density at radius 1 is 1.07 bits per heavy atom. The molecule has 7 nitrogen and oxygen atoms in total. The van der Waals surface area contributed by atoms with Gasteiger partial charge in [0.25, 0.3) is 5.91 Å². The number of rotatable bonds is 7. The second-order valence-electron chi connectivity index (χ2n) is 9.08. The molecule has 0 atom stereocenters. The van der Waals surface area contributed by atoms with E-state index >= 15 is 0 Å². The number of guanidine groups is 1. The van der Waals surface area contributed by atoms with Gasteiger partial charge in [0.1, 0.15) is 11.4 Å². The molecule has 0 aromatic heterocycles. The first-order chi connectivity index (χ1) is 19.2. The van der Waals surface area contributed by atoms with Crippen LogP contribution in [0.1, 0.15) is 58.6 Å². The fourth-order valence-corrected chi connectivity index (χ4v) is 4.39. The van der Waals surface area contributed by atoms with Crippen LogP contribution in [0.4, 0.5) is 0 Å². The molecule has 2 aromatic carbocycles. The monoisotopic (exact) mass is 542 g/mol. The molecule has 0 bridgehead atoms. The van der Waals surface area contributed by atoms with Gasteiger partial charge < -0.3 is 14.7 Å². The molecule has 2 N–H and O–H groups in total. The minimum absolute atomic E-state index is 0.185. The van der Waals surface area contributed by atoms with Crippen molar-refractivity contribution in [1.29, 1.82) is 0 Å². The zero-order chi connectivity index (χ0) is 29.7. The molecule has 1 aliphatic rings. The van der Waals surface area contributed by atoms with Crippen LogP contribution in [0.3, 0.4) is 0 Å². The molecule has 2 aromatic rings. The fraction of sp³-hybridized carbons (Fsp3) is 0.303. The molecule has 40 heavy (non-hydrogen) atoms. The molecule has 0 saturated heterocycles. The molecule has 0 fully saturated rings. The van der Waals surface area contributed by atoms with Crippen molar-refractivity contribution in [2.45, 2.75) is 53.1 Å². The van der Waals surface area contributed by atoms with Crippen LogP contribution in [0.2, 0.25) is 0 Å². The highest BCUT2D eigenvalue weighted by atomic mass is 16.5. The lowest BCUT2D eigenvalue weighted by atomic mass is 9.79. The smallest absolute Gasteiger partial charge is 0.263 e. The van der Waals surface area contributed by atoms with Gasteiger partial charge in [-0.05, 0) is 37.0 Å². The number of allylic oxidation sites excluding steroid dienone is 2. The number of carbonyl (C=O) groups excluding carboxylic acids is 1. The molecular weight excluding hydrogens is 500 g/mol. The SMILES string of the molecule is C=C1C=C(OC)C(C(=O)NC(=NC)/N=C\C)=CN1/C(CC)=C(\C)C(O)(c1ccccc1)c1ccccc1.CCC. The summed E-state index contributed by atoms with van der Waals surface area (Å²) in [4.78, 5) is 23.1. The van der Waals surface area contributed by atoms with Gasteiger partial charge in [-0.25, -0.2) is 4.99 Å². The second kappa shape index (κ2) is 15.4. The number of aliphatic imine (C=N–C) groups is 2. The number of ether oxygens (including phenoxy) is 1. The third kappa shape index (κ3) is 7.24. The zero-order valence-electron chi connectivity index (χ0n) is 24.7. The van der Waals surface area contributed by atoms with E-state index in [1.165, 1.54) is 13.5 Å². The number of hydrogen-bond acceptors (Lipinski definition) is 5. The van der Waals surface area contributed by atoms with Crippen LogP contribution in [0.5, 0.6) is 0 Å². The van der Waals surface area contributed by atoms with E-state index in [1.807, 2.05) is 79.4 Å². The van der Waals surface area contributed by atoms with E-state index in [9.17, 15) is 9.90 Å². The molecule has 1 aliphatic heterocycles. The van der Waals surface area contributed by atoms with Gasteiger partial charge >= 0.3 is 0 Å². The largest absolute Gasteiger partial charge is 0.496 e. The van der Waals surface area contributed by atoms with E-state index in [0.29, 0.717) is 23.5 Å². The van der Waals surface area contributed by atoms with Gasteiger partial charge in [0.2, 0.25) is 5.96 Å². The Morgan fingerprint density at radius 2 is 1.60 bits per heavy atom. The van der Waals surface area contributed by atoms with Crippen LogP contribution >= 0.6 is 0 Å². The van der Waals surface area contributed by atoms with Gasteiger partial charge in [0.05, 0.1) is 12.7 Å². The van der Waals surface area contributed by atoms with E-state index in [2.05, 4.69) is 35.7 Å². The van der Waals surface area contributed by atoms with Crippen molar-refractivity contribution < 1.29 is 14.6 Å². The van der Waals surface area contributed by atoms with E-state index < -0.39 is 11.5 Å². The summed E-state index contributed by atoms with van der Waals surface area (Å²) in [5.41, 5.74) is 2.46. The third-order valence-corrected chi connectivity index (χ3v) is 6.27. The van der Waals surface area contributed by atoms with Crippen molar-refractivity contribution in [2.75, 3.05) is 14.2 Å². The number of aliphatic hydroxyl groups is 1. The van der Waals surface area contributed by atoms with Crippen molar-refractivity contribution in [3.8, 4) is 0 Å². The van der Waals surface area contributed by atoms with Gasteiger partial charge in [-0.15, -0.1) is 0 Å². The molecule has 1 amide bonds. The molecule has 1 heterocycles. The Bertz CT molecular complexity index is 1270. The summed E-state index contributed by atoms with van der Waals surface area (Å²) in [5.74, 6) is 0.125. The summed E-state index contributed by atoms with van der Waals surface area (Å²) in [6.07, 6.45) is 6.75. The van der Waals surface area contributed by atoms with Gasteiger partial charge in [-0.3, -0.25) is 15.1 Å². The summed E-state index contributed by atoms with van der Waals surface area (Å²) in [5, 5.41) is 15.0. The standard InChI is InChI=1S/C30H34N4O3.C3H8/c1-7-26(22(4)30(36,23-15-11-9-12-16-23)24-17-13-10-14-18-24)34-20-25(27(37-6)19-21(34)3)28(35)33-29(31-5)32-8-2;1-3-2/h8-20,36H,3,7H2,1-2,4-6H3,(H,31,33,35);3H2,1-2H3/b26-22+,32-8-;. The minimum atomic E-state index is -1.41. The molecule has 212 valence electrons. The van der Waals surface area contributed by atoms with Crippen molar-refractivity contribution in [3.63, 3.8) is 0 Å². The van der Waals surface area contributed by atoms with Crippen LogP contribution in [0, 0.1) is 0 Å². The number of benzene rings is 2. The van der Waals surface area contributed by atoms with Crippen molar-refractivity contribution >= 4 is 18.1 Å². The molecular formula is C33H42N4O3. The number of carbonyl (C=O) groups is 1. The normalized spacial score (nSPS) is 14.6. The lowest BCUT2D eigenvalue weighted by Crippen LogP contribution is -2.35. The quantitative estimate of drug-likeness (QED) is 0.311. The van der Waals surface area contributed by atoms with Gasteiger partial charge in [-0.1, -0.05) is 94.4 Å². The topological polar surface area (TPSA) is 86.5 Å². The molecule has 0 spiro atoms. The highest BCUT2D eigenvalue weighted by Gasteiger charge is 2.37. The number of amides is 1. The minimum Gasteiger partial charge on any atom is -0.496 e. The Morgan fingerprint density at radius 3 is 2.02 bits per heavy atom. The molecule has 0 radical (unpaired) electrons. The maximum atomic E-state index is 13.2. The van der Waals surface area contributed by atoms with E-state index in [4.69, 9.17) is 4.74 Å². The van der Waals surface area contributed by atoms with Gasteiger partial charge in [0, 0.05) is 36.9 Å². The first-order valence-corrected chi connectivity index (χ1v) is 13.5. The van der Waals surface area contributed by atoms with Crippen LogP contribution < -0.4 is 5.32 Å². The summed E-state index contributed by atoms with van der Waals surface area (Å²) >= 11 is 0. The summed E-state index contributed by atoms with van der Waals surface area (Å²) in [6, 6.07) is 19.1. The summed E-state index contributed by atoms with van der Waals surface area (Å²) in [7, 11) is 3.05. The van der Waals surface area contributed by atoms with Crippen molar-refractivity contribution in [2.24, 2.45) is 9.98 Å². The predicted octanol–water partition coefficient (Wildman–Crippen LogP) is 6.46. The summed E-state index contributed by atoms with van der Waals surface area (Å²) in [6.45, 7) is 14.1. The van der Waals surface area contributed by atoms with Crippen LogP contribution in [-0.2, 0) is 15.1 Å². The van der Waals surface area contributed by atoms with Crippen LogP contribution in [0.15, 0.2) is 118 Å². The molecule has 0 aliphatic carbocycles. The maximum absolute atomic E-state index is 13.2. The Balaban J connectivity index is 0.00000178. The first-order valence-electron chi connectivity index (χ1n) is 13.5. The molecule has 0 unspecified atom stereocenters. The highest BCUT2D eigenvalue weighted by Crippen LogP contribution is 2.41. The first kappa shape index (κ1) is 32.0. The Hall–Kier alpha value is -4.23. The number of methoxy groups -OCH3 is 1. The lowest BCUT2D eigenvalue weighted by Gasteiger charge is -2.36. The summed E-state index contributed by atoms with van der Waals surface area (Å²) < 4.78 is 5.50. The third-order valence-electron chi connectivity index (χ3n) is 6.27. The second-order valence-corrected chi connectivity index (χ2v) is 9.08. The van der Waals surface area contributed by atoms with Gasteiger partial charge in [-0.2, -0.15) is 0 Å². The van der Waals surface area contributed by atoms with Crippen molar-refractivity contribution in [3.05, 3.63) is 119 Å². The van der Waals surface area contributed by atoms with E-state index in [0.717, 1.165) is 16.8 Å². The molecule has 3 rings (SSSR count). The Labute approximate surface area is 239 Å². The maximum Gasteiger partial charge on any atom is 0.263 e. The fourth-order valence-electron chi connectivity index (χ4n) is 4.39. The number of hydrogen-bond donors (Lipinski definition) is 2. The van der Waals surface area contributed by atoms with E-state index in [1.54, 1.807) is 32.5 Å². The molecule has 7 heteroatoms. The highest BCUT2D eigenvalue weighted by molar-refractivity contribution is 6.08. The predicted molar refractivity (Wildman–Crippen MR) is 165 cm³/mol. The molecule has 0 saturated carbocycles. The number of nitrogens with zero attached hydrogens (tertiary/aromatic N) is 3. The van der Waals surface area contributed by atoms with Crippen LogP contribution in [-0.4, -0.2) is 42.2 Å². The van der Waals surface area contributed by atoms with Gasteiger partial charge in [0.15, 0.2) is 0 Å². The zero-order valence-corrected chi connectivity index (χ0v) is 24.7. The van der Waals surface area contributed by atoms with Crippen molar-refractivity contribution in [1.82, 2.24) is 10.2 Å². The average Bonchev–Trinajstić information content (AvgIpc) is 2.98. The lowest BCUT2D eigenvalue weighted by molar-refractivity contribution is -0.116. The number of nitrogens with one attached hydrogen (secondary N) is 1. The van der Waals surface area contributed by atoms with E-state index in [-0.39, 0.29) is 11.5 Å².